The van der Waals surface area contributed by atoms with E-state index in [9.17, 15) is 14.4 Å². The van der Waals surface area contributed by atoms with E-state index < -0.39 is 11.2 Å². The van der Waals surface area contributed by atoms with Crippen molar-refractivity contribution in [2.75, 3.05) is 13.1 Å². The van der Waals surface area contributed by atoms with Gasteiger partial charge in [0.2, 0.25) is 0 Å². The first-order valence-corrected chi connectivity index (χ1v) is 9.77. The minimum absolute atomic E-state index is 0. The first kappa shape index (κ1) is 20.5. The van der Waals surface area contributed by atoms with Gasteiger partial charge in [0.05, 0.1) is 10.9 Å². The van der Waals surface area contributed by atoms with Gasteiger partial charge in [0, 0.05) is 30.7 Å². The number of aromatic amines is 1. The number of piperidine rings is 1. The maximum atomic E-state index is 13.0. The molecule has 4 rings (SSSR count). The molecule has 0 radical (unpaired) electrons. The summed E-state index contributed by atoms with van der Waals surface area (Å²) in [5.74, 6) is 0.0342. The van der Waals surface area contributed by atoms with Gasteiger partial charge in [-0.15, -0.1) is 12.4 Å². The van der Waals surface area contributed by atoms with Crippen LogP contribution in [0.25, 0.3) is 11.0 Å². The fraction of sp³-hybridized carbons (Fsp3) is 0.579. The number of aromatic nitrogens is 3. The maximum Gasteiger partial charge on any atom is 0.329 e. The van der Waals surface area contributed by atoms with Gasteiger partial charge in [-0.25, -0.2) is 9.78 Å². The molecule has 1 saturated heterocycles. The van der Waals surface area contributed by atoms with E-state index in [0.717, 1.165) is 50.9 Å². The van der Waals surface area contributed by atoms with Gasteiger partial charge in [0.25, 0.3) is 11.5 Å². The number of pyridine rings is 1. The Morgan fingerprint density at radius 1 is 1.32 bits per heavy atom. The van der Waals surface area contributed by atoms with E-state index in [2.05, 4.69) is 20.6 Å². The van der Waals surface area contributed by atoms with Crippen LogP contribution in [0.4, 0.5) is 0 Å². The molecule has 1 aliphatic heterocycles. The second kappa shape index (κ2) is 8.45. The monoisotopic (exact) mass is 407 g/mol. The second-order valence-electron chi connectivity index (χ2n) is 7.50. The SMILES string of the molecule is CCCn1c(=O)[nH]c(=O)c2c(C(=O)N[C@H]3CCCNC3)cc(C3CC3)nc21.Cl. The van der Waals surface area contributed by atoms with Crippen LogP contribution in [0.1, 0.15) is 61.0 Å². The lowest BCUT2D eigenvalue weighted by Crippen LogP contribution is -2.46. The molecular weight excluding hydrogens is 382 g/mol. The molecule has 2 aromatic rings. The third kappa shape index (κ3) is 3.98. The Labute approximate surface area is 168 Å². The fourth-order valence-corrected chi connectivity index (χ4v) is 3.73. The van der Waals surface area contributed by atoms with E-state index in [-0.39, 0.29) is 29.7 Å². The highest BCUT2D eigenvalue weighted by molar-refractivity contribution is 6.05. The summed E-state index contributed by atoms with van der Waals surface area (Å²) < 4.78 is 1.47. The molecule has 2 aromatic heterocycles. The molecule has 1 aliphatic carbocycles. The molecule has 1 amide bonds. The molecule has 28 heavy (non-hydrogen) atoms. The molecule has 0 spiro atoms. The minimum Gasteiger partial charge on any atom is -0.348 e. The van der Waals surface area contributed by atoms with Crippen LogP contribution in [-0.2, 0) is 6.54 Å². The zero-order valence-corrected chi connectivity index (χ0v) is 16.7. The number of halogens is 1. The van der Waals surface area contributed by atoms with Crippen molar-refractivity contribution in [2.45, 2.75) is 57.5 Å². The molecule has 0 bridgehead atoms. The molecule has 3 N–H and O–H groups in total. The van der Waals surface area contributed by atoms with Crippen molar-refractivity contribution in [2.24, 2.45) is 0 Å². The molecule has 2 aliphatic rings. The van der Waals surface area contributed by atoms with Gasteiger partial charge in [0.1, 0.15) is 0 Å². The molecule has 3 heterocycles. The number of carbonyl (C=O) groups is 1. The predicted molar refractivity (Wildman–Crippen MR) is 109 cm³/mol. The van der Waals surface area contributed by atoms with Crippen molar-refractivity contribution in [1.82, 2.24) is 25.2 Å². The summed E-state index contributed by atoms with van der Waals surface area (Å²) in [4.78, 5) is 44.9. The molecule has 0 aromatic carbocycles. The second-order valence-corrected chi connectivity index (χ2v) is 7.50. The minimum atomic E-state index is -0.552. The van der Waals surface area contributed by atoms with Crippen LogP contribution in [0.2, 0.25) is 0 Å². The third-order valence-electron chi connectivity index (χ3n) is 5.29. The average molecular weight is 408 g/mol. The summed E-state index contributed by atoms with van der Waals surface area (Å²) in [5.41, 5.74) is 0.409. The number of hydrogen-bond acceptors (Lipinski definition) is 5. The van der Waals surface area contributed by atoms with Gasteiger partial charge in [-0.3, -0.25) is 19.1 Å². The highest BCUT2D eigenvalue weighted by Gasteiger charge is 2.29. The number of rotatable bonds is 5. The lowest BCUT2D eigenvalue weighted by atomic mass is 10.0. The van der Waals surface area contributed by atoms with Crippen molar-refractivity contribution in [3.05, 3.63) is 38.2 Å². The predicted octanol–water partition coefficient (Wildman–Crippen LogP) is 1.28. The summed E-state index contributed by atoms with van der Waals surface area (Å²) in [5, 5.41) is 6.51. The highest BCUT2D eigenvalue weighted by atomic mass is 35.5. The van der Waals surface area contributed by atoms with E-state index >= 15 is 0 Å². The first-order valence-electron chi connectivity index (χ1n) is 9.77. The van der Waals surface area contributed by atoms with E-state index in [0.29, 0.717) is 23.7 Å². The first-order chi connectivity index (χ1) is 13.1. The van der Waals surface area contributed by atoms with Gasteiger partial charge in [-0.1, -0.05) is 6.92 Å². The number of nitrogens with zero attached hydrogens (tertiary/aromatic N) is 2. The van der Waals surface area contributed by atoms with Crippen molar-refractivity contribution in [1.29, 1.82) is 0 Å². The number of aryl methyl sites for hydroxylation is 1. The molecule has 8 nitrogen and oxygen atoms in total. The van der Waals surface area contributed by atoms with Crippen LogP contribution in [0.3, 0.4) is 0 Å². The number of H-pyrrole nitrogens is 1. The molecule has 2 fully saturated rings. The summed E-state index contributed by atoms with van der Waals surface area (Å²) in [6, 6.07) is 1.78. The van der Waals surface area contributed by atoms with Crippen LogP contribution in [0.5, 0.6) is 0 Å². The zero-order valence-electron chi connectivity index (χ0n) is 15.9. The van der Waals surface area contributed by atoms with E-state index in [1.165, 1.54) is 4.57 Å². The summed E-state index contributed by atoms with van der Waals surface area (Å²) in [6.45, 7) is 4.08. The van der Waals surface area contributed by atoms with Gasteiger partial charge in [-0.2, -0.15) is 0 Å². The Morgan fingerprint density at radius 3 is 2.75 bits per heavy atom. The van der Waals surface area contributed by atoms with Gasteiger partial charge < -0.3 is 10.6 Å². The zero-order chi connectivity index (χ0) is 19.0. The Kier molecular flexibility index (Phi) is 6.20. The van der Waals surface area contributed by atoms with Crippen molar-refractivity contribution in [3.63, 3.8) is 0 Å². The lowest BCUT2D eigenvalue weighted by Gasteiger charge is -2.24. The van der Waals surface area contributed by atoms with E-state index in [4.69, 9.17) is 0 Å². The van der Waals surface area contributed by atoms with Crippen molar-refractivity contribution < 1.29 is 4.79 Å². The van der Waals surface area contributed by atoms with Crippen molar-refractivity contribution >= 4 is 29.3 Å². The fourth-order valence-electron chi connectivity index (χ4n) is 3.73. The Balaban J connectivity index is 0.00000225. The van der Waals surface area contributed by atoms with Gasteiger partial charge in [-0.05, 0) is 44.7 Å². The number of hydrogen-bond donors (Lipinski definition) is 3. The van der Waals surface area contributed by atoms with Crippen LogP contribution in [0.15, 0.2) is 15.7 Å². The normalized spacial score (nSPS) is 19.2. The molecule has 0 unspecified atom stereocenters. The van der Waals surface area contributed by atoms with Crippen molar-refractivity contribution in [3.8, 4) is 0 Å². The maximum absolute atomic E-state index is 13.0. The van der Waals surface area contributed by atoms with Crippen LogP contribution in [0, 0.1) is 0 Å². The molecule has 152 valence electrons. The standard InChI is InChI=1S/C19H25N5O3.ClH/c1-2-8-24-16-15(18(26)23-19(24)27)13(9-14(22-16)11-5-6-11)17(25)21-12-4-3-7-20-10-12;/h9,11-12,20H,2-8,10H2,1H3,(H,21,25)(H,23,26,27);1H/t12-;/m0./s1. The van der Waals surface area contributed by atoms with Crippen LogP contribution in [-0.4, -0.2) is 39.6 Å². The molecule has 1 atom stereocenters. The number of carbonyl (C=O) groups excluding carboxylic acids is 1. The Hall–Kier alpha value is -2.19. The summed E-state index contributed by atoms with van der Waals surface area (Å²) >= 11 is 0. The Bertz CT molecular complexity index is 989. The topological polar surface area (TPSA) is 109 Å². The van der Waals surface area contributed by atoms with Crippen LogP contribution < -0.4 is 21.9 Å². The lowest BCUT2D eigenvalue weighted by molar-refractivity contribution is 0.0932. The number of fused-ring (bicyclic) bond motifs is 1. The smallest absolute Gasteiger partial charge is 0.329 e. The van der Waals surface area contributed by atoms with E-state index in [1.807, 2.05) is 6.92 Å². The highest BCUT2D eigenvalue weighted by Crippen LogP contribution is 2.39. The molecule has 9 heteroatoms. The van der Waals surface area contributed by atoms with Crippen LogP contribution >= 0.6 is 12.4 Å². The van der Waals surface area contributed by atoms with E-state index in [1.54, 1.807) is 6.07 Å². The number of nitrogens with one attached hydrogen (secondary N) is 3. The average Bonchev–Trinajstić information content (AvgIpc) is 3.50. The quantitative estimate of drug-likeness (QED) is 0.691. The molecule has 1 saturated carbocycles. The largest absolute Gasteiger partial charge is 0.348 e. The summed E-state index contributed by atoms with van der Waals surface area (Å²) in [6.07, 6.45) is 4.69. The Morgan fingerprint density at radius 2 is 2.11 bits per heavy atom. The molecular formula is C19H26ClN5O3. The number of amides is 1. The summed E-state index contributed by atoms with van der Waals surface area (Å²) in [7, 11) is 0. The van der Waals surface area contributed by atoms with Gasteiger partial charge in [0.15, 0.2) is 5.65 Å². The third-order valence-corrected chi connectivity index (χ3v) is 5.29. The van der Waals surface area contributed by atoms with Gasteiger partial charge >= 0.3 is 5.69 Å².